The number of ether oxygens (including phenoxy) is 5. The van der Waals surface area contributed by atoms with Crippen LogP contribution in [0.5, 0.6) is 11.5 Å². The number of rotatable bonds is 21. The molecule has 3 rings (SSSR count). The molecule has 2 heterocycles. The van der Waals surface area contributed by atoms with Gasteiger partial charge < -0.3 is 44.7 Å². The fraction of sp³-hybridized carbons (Fsp3) is 0.769. The number of piperidine rings is 1. The molecule has 1 unspecified atom stereocenters. The molecule has 0 radical (unpaired) electrons. The molecule has 1 aromatic carbocycles. The zero-order valence-corrected chi connectivity index (χ0v) is 33.0. The maximum atomic E-state index is 13.7. The predicted octanol–water partition coefficient (Wildman–Crippen LogP) is 4.79. The Morgan fingerprint density at radius 3 is 2.31 bits per heavy atom. The fourth-order valence-corrected chi connectivity index (χ4v) is 6.99. The van der Waals surface area contributed by atoms with E-state index in [0.29, 0.717) is 44.0 Å². The van der Waals surface area contributed by atoms with Gasteiger partial charge in [-0.3, -0.25) is 14.5 Å². The van der Waals surface area contributed by atoms with Gasteiger partial charge in [-0.15, -0.1) is 0 Å². The summed E-state index contributed by atoms with van der Waals surface area (Å²) in [6.45, 7) is 14.8. The van der Waals surface area contributed by atoms with Gasteiger partial charge in [0.15, 0.2) is 17.7 Å². The molecule has 0 aromatic heterocycles. The molecule has 2 aliphatic rings. The maximum Gasteiger partial charge on any atom is 0.409 e. The Labute approximate surface area is 311 Å². The first-order chi connectivity index (χ1) is 24.6. The highest BCUT2D eigenvalue weighted by Gasteiger charge is 2.48. The average Bonchev–Trinajstić information content (AvgIpc) is 3.44. The smallest absolute Gasteiger partial charge is 0.409 e. The number of hydrogen-bond acceptors (Lipinski definition) is 9. The molecule has 296 valence electrons. The van der Waals surface area contributed by atoms with Crippen molar-refractivity contribution in [2.45, 2.75) is 105 Å². The molecular weight excluding hydrogens is 668 g/mol. The molecule has 52 heavy (non-hydrogen) atoms. The second-order valence-electron chi connectivity index (χ2n) is 15.9. The summed E-state index contributed by atoms with van der Waals surface area (Å²) in [6.07, 6.45) is 1.60. The van der Waals surface area contributed by atoms with Gasteiger partial charge in [-0.2, -0.15) is 0 Å². The van der Waals surface area contributed by atoms with Gasteiger partial charge in [0.1, 0.15) is 0 Å². The number of carboxylic acid groups (broad SMARTS) is 1. The van der Waals surface area contributed by atoms with Gasteiger partial charge in [0.2, 0.25) is 11.8 Å². The lowest BCUT2D eigenvalue weighted by atomic mass is 9.80. The van der Waals surface area contributed by atoms with Crippen molar-refractivity contribution >= 4 is 17.9 Å². The zero-order valence-electron chi connectivity index (χ0n) is 33.0. The van der Waals surface area contributed by atoms with Crippen molar-refractivity contribution < 1.29 is 43.2 Å². The summed E-state index contributed by atoms with van der Waals surface area (Å²) >= 11 is 0. The number of amides is 3. The van der Waals surface area contributed by atoms with Crippen LogP contribution in [-0.4, -0.2) is 118 Å². The van der Waals surface area contributed by atoms with E-state index in [1.807, 2.05) is 32.0 Å². The lowest BCUT2D eigenvalue weighted by molar-refractivity contribution is -0.130. The van der Waals surface area contributed by atoms with Gasteiger partial charge >= 0.3 is 6.09 Å². The van der Waals surface area contributed by atoms with Crippen LogP contribution in [0.2, 0.25) is 0 Å². The summed E-state index contributed by atoms with van der Waals surface area (Å²) < 4.78 is 29.7. The highest BCUT2D eigenvalue weighted by atomic mass is 16.6. The summed E-state index contributed by atoms with van der Waals surface area (Å²) in [5, 5.41) is 13.6. The Balaban J connectivity index is 1.90. The summed E-state index contributed by atoms with van der Waals surface area (Å²) in [7, 11) is 5.36. The second kappa shape index (κ2) is 20.4. The largest absolute Gasteiger partial charge is 0.493 e. The molecule has 3 amide bonds. The fourth-order valence-electron chi connectivity index (χ4n) is 6.99. The summed E-state index contributed by atoms with van der Waals surface area (Å²) in [5.41, 5.74) is 5.71. The Morgan fingerprint density at radius 2 is 1.73 bits per heavy atom. The number of nitrogens with zero attached hydrogens (tertiary/aromatic N) is 2. The van der Waals surface area contributed by atoms with E-state index in [0.717, 1.165) is 37.9 Å². The van der Waals surface area contributed by atoms with E-state index in [1.165, 1.54) is 4.90 Å². The van der Waals surface area contributed by atoms with Gasteiger partial charge in [-0.25, -0.2) is 4.79 Å². The van der Waals surface area contributed by atoms with E-state index in [9.17, 15) is 19.5 Å². The van der Waals surface area contributed by atoms with E-state index in [-0.39, 0.29) is 42.9 Å². The number of carbonyl (C=O) groups excluding carboxylic acids is 2. The van der Waals surface area contributed by atoms with Crippen LogP contribution in [0.15, 0.2) is 18.2 Å². The van der Waals surface area contributed by atoms with Crippen LogP contribution in [0, 0.1) is 29.1 Å². The minimum absolute atomic E-state index is 0.0279. The number of likely N-dealkylation sites (tertiary alicyclic amines) is 1. The Morgan fingerprint density at radius 1 is 1.04 bits per heavy atom. The van der Waals surface area contributed by atoms with Crippen LogP contribution in [0.25, 0.3) is 0 Å². The van der Waals surface area contributed by atoms with Crippen LogP contribution >= 0.6 is 0 Å². The number of hydrogen-bond donors (Lipinski definition) is 3. The molecule has 0 spiro atoms. The molecule has 0 saturated carbocycles. The van der Waals surface area contributed by atoms with Crippen molar-refractivity contribution in [3.63, 3.8) is 0 Å². The van der Waals surface area contributed by atoms with Crippen molar-refractivity contribution in [3.8, 4) is 11.5 Å². The molecule has 0 bridgehead atoms. The van der Waals surface area contributed by atoms with Crippen molar-refractivity contribution in [3.05, 3.63) is 23.8 Å². The first-order valence-electron chi connectivity index (χ1n) is 18.9. The van der Waals surface area contributed by atoms with Gasteiger partial charge in [0, 0.05) is 45.7 Å². The van der Waals surface area contributed by atoms with Crippen LogP contribution < -0.4 is 20.5 Å². The van der Waals surface area contributed by atoms with Crippen molar-refractivity contribution in [1.82, 2.24) is 15.1 Å². The molecule has 2 fully saturated rings. The third-order valence-electron chi connectivity index (χ3n) is 10.8. The SMILES string of the molecule is COCCCOc1cc(C[C@@H](C[C@H]2[C@H](C[C@H](C(=O)NCC(C)(C)C(N)=O)C(C)C)OC(COC3CCN(C)CC3)N2C(=O)O)C(C)C)ccc1OC. The van der Waals surface area contributed by atoms with Gasteiger partial charge in [0.05, 0.1) is 44.0 Å². The number of nitrogens with one attached hydrogen (secondary N) is 1. The van der Waals surface area contributed by atoms with E-state index >= 15 is 0 Å². The van der Waals surface area contributed by atoms with Gasteiger partial charge in [-0.1, -0.05) is 33.8 Å². The molecule has 13 nitrogen and oxygen atoms in total. The molecule has 13 heteroatoms. The van der Waals surface area contributed by atoms with Crippen LogP contribution in [-0.2, 0) is 30.2 Å². The monoisotopic (exact) mass is 734 g/mol. The van der Waals surface area contributed by atoms with Gasteiger partial charge in [-0.05, 0) is 88.4 Å². The molecule has 0 aliphatic carbocycles. The Kier molecular flexibility index (Phi) is 16.9. The molecule has 5 atom stereocenters. The second-order valence-corrected chi connectivity index (χ2v) is 15.9. The molecule has 2 aliphatic heterocycles. The van der Waals surface area contributed by atoms with Crippen molar-refractivity contribution in [1.29, 1.82) is 0 Å². The number of nitrogens with two attached hydrogens (primary N) is 1. The molecule has 4 N–H and O–H groups in total. The molecule has 2 saturated heterocycles. The summed E-state index contributed by atoms with van der Waals surface area (Å²) in [6, 6.07) is 5.42. The van der Waals surface area contributed by atoms with E-state index < -0.39 is 41.7 Å². The summed E-state index contributed by atoms with van der Waals surface area (Å²) in [5.74, 6) is 0.310. The first kappa shape index (κ1) is 43.3. The molecular formula is C39H66N4O9. The van der Waals surface area contributed by atoms with E-state index in [2.05, 4.69) is 31.1 Å². The first-order valence-corrected chi connectivity index (χ1v) is 18.9. The van der Waals surface area contributed by atoms with Crippen molar-refractivity contribution in [2.75, 3.05) is 60.7 Å². The number of benzene rings is 1. The third kappa shape index (κ3) is 12.5. The predicted molar refractivity (Wildman–Crippen MR) is 199 cm³/mol. The topological polar surface area (TPSA) is 162 Å². The minimum Gasteiger partial charge on any atom is -0.493 e. The van der Waals surface area contributed by atoms with Gasteiger partial charge in [0.25, 0.3) is 0 Å². The van der Waals surface area contributed by atoms with Crippen LogP contribution in [0.4, 0.5) is 4.79 Å². The Hall–Kier alpha value is -3.13. The minimum atomic E-state index is -1.07. The summed E-state index contributed by atoms with van der Waals surface area (Å²) in [4.78, 5) is 42.4. The zero-order chi connectivity index (χ0) is 38.6. The van der Waals surface area contributed by atoms with E-state index in [1.54, 1.807) is 28.1 Å². The quantitative estimate of drug-likeness (QED) is 0.150. The van der Waals surface area contributed by atoms with Crippen molar-refractivity contribution in [2.24, 2.45) is 34.8 Å². The standard InChI is InChI=1S/C39H66N4O9/c1-25(2)28(19-27-11-12-32(49-9)34(20-27)50-18-10-17-48-8)21-31-33(22-30(26(3)4)36(44)41-24-39(5,6)37(40)45)52-35(43(31)38(46)47)23-51-29-13-15-42(7)16-14-29/h11-12,20,25-26,28-31,33,35H,10,13-19,21-24H2,1-9H3,(H2,40,45)(H,41,44)(H,46,47)/t28-,30-,31-,33-,35?/m0/s1. The van der Waals surface area contributed by atoms with Crippen LogP contribution in [0.3, 0.4) is 0 Å². The normalized spacial score (nSPS) is 21.4. The lowest BCUT2D eigenvalue weighted by Gasteiger charge is -2.33. The molecule has 1 aromatic rings. The lowest BCUT2D eigenvalue weighted by Crippen LogP contribution is -2.47. The third-order valence-corrected chi connectivity index (χ3v) is 10.8. The number of carbonyl (C=O) groups is 3. The highest BCUT2D eigenvalue weighted by molar-refractivity contribution is 5.83. The van der Waals surface area contributed by atoms with E-state index in [4.69, 9.17) is 29.4 Å². The number of methoxy groups -OCH3 is 2. The Bertz CT molecular complexity index is 1280. The average molecular weight is 735 g/mol. The number of primary amides is 1. The highest BCUT2D eigenvalue weighted by Crippen LogP contribution is 2.38. The van der Waals surface area contributed by atoms with Crippen LogP contribution in [0.1, 0.15) is 79.2 Å². The maximum absolute atomic E-state index is 13.7.